The Morgan fingerprint density at radius 1 is 1.53 bits per heavy atom. The Kier molecular flexibility index (Phi) is 4.41. The molecule has 0 fully saturated rings. The van der Waals surface area contributed by atoms with E-state index in [9.17, 15) is 8.42 Å². The average Bonchev–Trinajstić information content (AvgIpc) is 2.17. The van der Waals surface area contributed by atoms with Crippen LogP contribution >= 0.6 is 11.8 Å². The quantitative estimate of drug-likeness (QED) is 0.793. The van der Waals surface area contributed by atoms with E-state index in [-0.39, 0.29) is 4.90 Å². The van der Waals surface area contributed by atoms with Crippen LogP contribution in [0.4, 0.5) is 5.82 Å². The number of sulfone groups is 1. The molecule has 15 heavy (non-hydrogen) atoms. The van der Waals surface area contributed by atoms with E-state index in [1.54, 1.807) is 30.1 Å². The Labute approximate surface area is 94.4 Å². The third-order valence-electron chi connectivity index (χ3n) is 1.77. The SMILES string of the molecule is CSCCNc1ncccc1S(C)(=O)=O. The summed E-state index contributed by atoms with van der Waals surface area (Å²) in [6.07, 6.45) is 4.76. The number of aromatic nitrogens is 1. The number of hydrogen-bond acceptors (Lipinski definition) is 5. The van der Waals surface area contributed by atoms with Crippen molar-refractivity contribution in [3.05, 3.63) is 18.3 Å². The molecule has 1 heterocycles. The molecule has 1 N–H and O–H groups in total. The normalized spacial score (nSPS) is 11.3. The summed E-state index contributed by atoms with van der Waals surface area (Å²) in [6, 6.07) is 3.18. The molecule has 0 saturated heterocycles. The van der Waals surface area contributed by atoms with Crippen molar-refractivity contribution >= 4 is 27.4 Å². The lowest BCUT2D eigenvalue weighted by Crippen LogP contribution is -2.10. The minimum atomic E-state index is -3.20. The largest absolute Gasteiger partial charge is 0.368 e. The van der Waals surface area contributed by atoms with Crippen molar-refractivity contribution in [1.82, 2.24) is 4.98 Å². The van der Waals surface area contributed by atoms with Crippen LogP contribution in [0.1, 0.15) is 0 Å². The molecule has 0 aromatic carbocycles. The van der Waals surface area contributed by atoms with Crippen molar-refractivity contribution < 1.29 is 8.42 Å². The molecule has 1 rings (SSSR count). The molecule has 0 aliphatic rings. The minimum Gasteiger partial charge on any atom is -0.368 e. The second-order valence-electron chi connectivity index (χ2n) is 3.04. The predicted octanol–water partition coefficient (Wildman–Crippen LogP) is 1.26. The fourth-order valence-corrected chi connectivity index (χ4v) is 2.20. The van der Waals surface area contributed by atoms with Gasteiger partial charge in [0, 0.05) is 24.8 Å². The third-order valence-corrected chi connectivity index (χ3v) is 3.51. The summed E-state index contributed by atoms with van der Waals surface area (Å²) in [5.41, 5.74) is 0. The summed E-state index contributed by atoms with van der Waals surface area (Å²) in [5, 5.41) is 3.01. The highest BCUT2D eigenvalue weighted by Gasteiger charge is 2.12. The monoisotopic (exact) mass is 246 g/mol. The Morgan fingerprint density at radius 2 is 2.27 bits per heavy atom. The van der Waals surface area contributed by atoms with Crippen molar-refractivity contribution in [2.45, 2.75) is 4.90 Å². The second kappa shape index (κ2) is 5.37. The van der Waals surface area contributed by atoms with Gasteiger partial charge in [0.2, 0.25) is 0 Å². The molecule has 6 heteroatoms. The second-order valence-corrected chi connectivity index (χ2v) is 6.01. The molecule has 0 radical (unpaired) electrons. The van der Waals surface area contributed by atoms with Gasteiger partial charge in [-0.05, 0) is 18.4 Å². The van der Waals surface area contributed by atoms with Gasteiger partial charge in [-0.2, -0.15) is 11.8 Å². The zero-order valence-electron chi connectivity index (χ0n) is 8.73. The zero-order valence-corrected chi connectivity index (χ0v) is 10.4. The smallest absolute Gasteiger partial charge is 0.179 e. The van der Waals surface area contributed by atoms with Crippen LogP contribution in [0.15, 0.2) is 23.2 Å². The molecular weight excluding hydrogens is 232 g/mol. The van der Waals surface area contributed by atoms with Crippen LogP contribution < -0.4 is 5.32 Å². The molecular formula is C9H14N2O2S2. The number of pyridine rings is 1. The van der Waals surface area contributed by atoms with Gasteiger partial charge >= 0.3 is 0 Å². The topological polar surface area (TPSA) is 59.1 Å². The maximum absolute atomic E-state index is 11.4. The first-order valence-electron chi connectivity index (χ1n) is 4.43. The number of nitrogens with zero attached hydrogens (tertiary/aromatic N) is 1. The first-order chi connectivity index (χ1) is 7.05. The first kappa shape index (κ1) is 12.3. The molecule has 1 aromatic heterocycles. The van der Waals surface area contributed by atoms with Crippen LogP contribution in [0, 0.1) is 0 Å². The highest BCUT2D eigenvalue weighted by molar-refractivity contribution is 7.98. The predicted molar refractivity (Wildman–Crippen MR) is 64.2 cm³/mol. The molecule has 0 spiro atoms. The lowest BCUT2D eigenvalue weighted by molar-refractivity contribution is 0.602. The van der Waals surface area contributed by atoms with Gasteiger partial charge in [0.15, 0.2) is 9.84 Å². The van der Waals surface area contributed by atoms with E-state index in [0.29, 0.717) is 12.4 Å². The first-order valence-corrected chi connectivity index (χ1v) is 7.72. The van der Waals surface area contributed by atoms with E-state index in [1.807, 2.05) is 6.26 Å². The molecule has 0 unspecified atom stereocenters. The van der Waals surface area contributed by atoms with Crippen LogP contribution in [0.2, 0.25) is 0 Å². The van der Waals surface area contributed by atoms with E-state index in [0.717, 1.165) is 5.75 Å². The zero-order chi connectivity index (χ0) is 11.3. The summed E-state index contributed by atoms with van der Waals surface area (Å²) in [6.45, 7) is 0.709. The Morgan fingerprint density at radius 3 is 2.87 bits per heavy atom. The summed E-state index contributed by atoms with van der Waals surface area (Å²) < 4.78 is 22.8. The fourth-order valence-electron chi connectivity index (χ4n) is 1.09. The van der Waals surface area contributed by atoms with Crippen LogP contribution in [0.5, 0.6) is 0 Å². The van der Waals surface area contributed by atoms with Crippen LogP contribution in [-0.4, -0.2) is 38.2 Å². The highest BCUT2D eigenvalue weighted by Crippen LogP contribution is 2.17. The van der Waals surface area contributed by atoms with E-state index < -0.39 is 9.84 Å². The summed E-state index contributed by atoms with van der Waals surface area (Å²) in [7, 11) is -3.20. The maximum atomic E-state index is 11.4. The number of thioether (sulfide) groups is 1. The Bertz CT molecular complexity index is 418. The molecule has 4 nitrogen and oxygen atoms in total. The maximum Gasteiger partial charge on any atom is 0.179 e. The van der Waals surface area contributed by atoms with E-state index in [4.69, 9.17) is 0 Å². The number of anilines is 1. The number of hydrogen-bond donors (Lipinski definition) is 1. The molecule has 0 saturated carbocycles. The van der Waals surface area contributed by atoms with Gasteiger partial charge in [0.05, 0.1) is 0 Å². The summed E-state index contributed by atoms with van der Waals surface area (Å²) >= 11 is 1.69. The van der Waals surface area contributed by atoms with E-state index in [1.165, 1.54) is 6.26 Å². The van der Waals surface area contributed by atoms with Crippen molar-refractivity contribution in [2.75, 3.05) is 30.1 Å². The van der Waals surface area contributed by atoms with Gasteiger partial charge in [0.1, 0.15) is 10.7 Å². The molecule has 0 amide bonds. The van der Waals surface area contributed by atoms with Crippen molar-refractivity contribution in [2.24, 2.45) is 0 Å². The van der Waals surface area contributed by atoms with Crippen LogP contribution in [0.25, 0.3) is 0 Å². The lowest BCUT2D eigenvalue weighted by atomic mass is 10.4. The standard InChI is InChI=1S/C9H14N2O2S2/c1-14-7-6-11-9-8(15(2,12)13)4-3-5-10-9/h3-5H,6-7H2,1-2H3,(H,10,11). The van der Waals surface area contributed by atoms with E-state index in [2.05, 4.69) is 10.3 Å². The molecule has 0 aliphatic heterocycles. The molecule has 84 valence electrons. The van der Waals surface area contributed by atoms with Gasteiger partial charge < -0.3 is 5.32 Å². The van der Waals surface area contributed by atoms with Crippen LogP contribution in [0.3, 0.4) is 0 Å². The van der Waals surface area contributed by atoms with Gasteiger partial charge in [0.25, 0.3) is 0 Å². The van der Waals surface area contributed by atoms with Crippen LogP contribution in [-0.2, 0) is 9.84 Å². The minimum absolute atomic E-state index is 0.256. The van der Waals surface area contributed by atoms with Crippen molar-refractivity contribution in [1.29, 1.82) is 0 Å². The van der Waals surface area contributed by atoms with Gasteiger partial charge in [-0.3, -0.25) is 0 Å². The molecule has 0 bridgehead atoms. The third kappa shape index (κ3) is 3.71. The highest BCUT2D eigenvalue weighted by atomic mass is 32.2. The number of nitrogens with one attached hydrogen (secondary N) is 1. The average molecular weight is 246 g/mol. The number of rotatable bonds is 5. The molecule has 1 aromatic rings. The van der Waals surface area contributed by atoms with Crippen molar-refractivity contribution in [3.8, 4) is 0 Å². The van der Waals surface area contributed by atoms with Crippen molar-refractivity contribution in [3.63, 3.8) is 0 Å². The Balaban J connectivity index is 2.88. The molecule has 0 atom stereocenters. The summed E-state index contributed by atoms with van der Waals surface area (Å²) in [5.74, 6) is 1.36. The van der Waals surface area contributed by atoms with Gasteiger partial charge in [-0.15, -0.1) is 0 Å². The van der Waals surface area contributed by atoms with Gasteiger partial charge in [-0.1, -0.05) is 0 Å². The van der Waals surface area contributed by atoms with Gasteiger partial charge in [-0.25, -0.2) is 13.4 Å². The lowest BCUT2D eigenvalue weighted by Gasteiger charge is -2.08. The summed E-state index contributed by atoms with van der Waals surface area (Å²) in [4.78, 5) is 4.27. The molecule has 0 aliphatic carbocycles. The Hall–Kier alpha value is -0.750. The fraction of sp³-hybridized carbons (Fsp3) is 0.444. The van der Waals surface area contributed by atoms with E-state index >= 15 is 0 Å².